The van der Waals surface area contributed by atoms with Crippen molar-refractivity contribution in [1.29, 1.82) is 0 Å². The second-order valence-electron chi connectivity index (χ2n) is 8.22. The molecule has 0 bridgehead atoms. The van der Waals surface area contributed by atoms with Gasteiger partial charge in [-0.1, -0.05) is 19.4 Å². The molecule has 4 rings (SSSR count). The Labute approximate surface area is 196 Å². The first-order chi connectivity index (χ1) is 16.0. The quantitative estimate of drug-likeness (QED) is 0.486. The standard InChI is InChI=1S/C24H30N4O4S/c1-4-5-10-25-22(29)16-7-6-11-28(13-16)24-26-20-17(14-33-21(20)23(30)27-24)15-8-9-18(31-2)19(12-15)32-3/h8-9,12,14,16H,4-7,10-11,13H2,1-3H3,(H,25,29)(H,26,27,30)/t16-/m1/s1. The zero-order valence-corrected chi connectivity index (χ0v) is 20.1. The molecule has 176 valence electrons. The number of hydrogen-bond acceptors (Lipinski definition) is 7. The monoisotopic (exact) mass is 470 g/mol. The summed E-state index contributed by atoms with van der Waals surface area (Å²) in [6.07, 6.45) is 3.74. The molecule has 1 atom stereocenters. The molecule has 0 unspecified atom stereocenters. The van der Waals surface area contributed by atoms with Crippen molar-refractivity contribution in [2.75, 3.05) is 38.8 Å². The third kappa shape index (κ3) is 4.83. The van der Waals surface area contributed by atoms with Gasteiger partial charge in [0.2, 0.25) is 11.9 Å². The Morgan fingerprint density at radius 2 is 2.12 bits per heavy atom. The number of H-pyrrole nitrogens is 1. The Hall–Kier alpha value is -3.07. The van der Waals surface area contributed by atoms with Crippen LogP contribution in [-0.4, -0.2) is 49.7 Å². The fourth-order valence-corrected chi connectivity index (χ4v) is 5.10. The maximum atomic E-state index is 12.9. The van der Waals surface area contributed by atoms with E-state index in [0.29, 0.717) is 40.8 Å². The van der Waals surface area contributed by atoms with E-state index >= 15 is 0 Å². The van der Waals surface area contributed by atoms with Crippen LogP contribution < -0.4 is 25.2 Å². The Balaban J connectivity index is 1.64. The molecular formula is C24H30N4O4S. The second-order valence-corrected chi connectivity index (χ2v) is 9.10. The summed E-state index contributed by atoms with van der Waals surface area (Å²) in [5.74, 6) is 1.75. The van der Waals surface area contributed by atoms with E-state index < -0.39 is 0 Å². The number of aromatic nitrogens is 2. The summed E-state index contributed by atoms with van der Waals surface area (Å²) in [5, 5.41) is 4.98. The molecule has 1 aromatic carbocycles. The van der Waals surface area contributed by atoms with E-state index in [4.69, 9.17) is 14.5 Å². The van der Waals surface area contributed by atoms with Crippen molar-refractivity contribution in [2.45, 2.75) is 32.6 Å². The summed E-state index contributed by atoms with van der Waals surface area (Å²) in [5.41, 5.74) is 2.26. The molecule has 0 spiro atoms. The van der Waals surface area contributed by atoms with E-state index in [2.05, 4.69) is 17.2 Å². The highest BCUT2D eigenvalue weighted by atomic mass is 32.1. The van der Waals surface area contributed by atoms with E-state index in [-0.39, 0.29) is 17.4 Å². The normalized spacial score (nSPS) is 16.1. The van der Waals surface area contributed by atoms with Gasteiger partial charge in [-0.05, 0) is 37.0 Å². The minimum atomic E-state index is -0.166. The van der Waals surface area contributed by atoms with E-state index in [1.807, 2.05) is 28.5 Å². The van der Waals surface area contributed by atoms with Gasteiger partial charge in [0, 0.05) is 30.6 Å². The number of carbonyl (C=O) groups excluding carboxylic acids is 1. The van der Waals surface area contributed by atoms with Crippen molar-refractivity contribution >= 4 is 33.4 Å². The van der Waals surface area contributed by atoms with Gasteiger partial charge in [-0.15, -0.1) is 11.3 Å². The molecule has 1 amide bonds. The smallest absolute Gasteiger partial charge is 0.270 e. The predicted octanol–water partition coefficient (Wildman–Crippen LogP) is 3.80. The molecule has 0 radical (unpaired) electrons. The molecule has 1 aliphatic heterocycles. The van der Waals surface area contributed by atoms with Crippen LogP contribution in [0.25, 0.3) is 21.3 Å². The number of rotatable bonds is 8. The van der Waals surface area contributed by atoms with Gasteiger partial charge in [0.1, 0.15) is 4.70 Å². The lowest BCUT2D eigenvalue weighted by atomic mass is 9.97. The third-order valence-corrected chi connectivity index (χ3v) is 7.00. The largest absolute Gasteiger partial charge is 0.493 e. The molecule has 33 heavy (non-hydrogen) atoms. The van der Waals surface area contributed by atoms with E-state index in [1.54, 1.807) is 14.2 Å². The van der Waals surface area contributed by atoms with Crippen LogP contribution >= 0.6 is 11.3 Å². The van der Waals surface area contributed by atoms with E-state index in [1.165, 1.54) is 11.3 Å². The first-order valence-corrected chi connectivity index (χ1v) is 12.2. The fraction of sp³-hybridized carbons (Fsp3) is 0.458. The number of fused-ring (bicyclic) bond motifs is 1. The van der Waals surface area contributed by atoms with Crippen molar-refractivity contribution in [2.24, 2.45) is 5.92 Å². The number of thiophene rings is 1. The van der Waals surface area contributed by atoms with Crippen molar-refractivity contribution < 1.29 is 14.3 Å². The molecule has 2 N–H and O–H groups in total. The minimum absolute atomic E-state index is 0.0816. The van der Waals surface area contributed by atoms with Crippen molar-refractivity contribution in [1.82, 2.24) is 15.3 Å². The van der Waals surface area contributed by atoms with Gasteiger partial charge in [0.15, 0.2) is 11.5 Å². The zero-order valence-electron chi connectivity index (χ0n) is 19.3. The number of anilines is 1. The van der Waals surface area contributed by atoms with Crippen LogP contribution in [0.15, 0.2) is 28.4 Å². The maximum Gasteiger partial charge on any atom is 0.270 e. The third-order valence-electron chi connectivity index (χ3n) is 6.03. The number of benzene rings is 1. The Morgan fingerprint density at radius 1 is 1.30 bits per heavy atom. The summed E-state index contributed by atoms with van der Waals surface area (Å²) in [6.45, 7) is 4.11. The van der Waals surface area contributed by atoms with Gasteiger partial charge >= 0.3 is 0 Å². The topological polar surface area (TPSA) is 96.6 Å². The number of carbonyl (C=O) groups is 1. The minimum Gasteiger partial charge on any atom is -0.493 e. The number of unbranched alkanes of at least 4 members (excludes halogenated alkanes) is 1. The van der Waals surface area contributed by atoms with Gasteiger partial charge in [0.25, 0.3) is 5.56 Å². The first kappa shape index (κ1) is 23.1. The van der Waals surface area contributed by atoms with Gasteiger partial charge < -0.3 is 19.7 Å². The summed E-state index contributed by atoms with van der Waals surface area (Å²) in [4.78, 5) is 35.2. The number of ether oxygens (including phenoxy) is 2. The molecule has 1 saturated heterocycles. The molecule has 8 nitrogen and oxygen atoms in total. The number of nitrogens with zero attached hydrogens (tertiary/aromatic N) is 2. The number of methoxy groups -OCH3 is 2. The Morgan fingerprint density at radius 3 is 2.88 bits per heavy atom. The zero-order chi connectivity index (χ0) is 23.4. The molecule has 9 heteroatoms. The van der Waals surface area contributed by atoms with Gasteiger partial charge in [0.05, 0.1) is 25.7 Å². The number of nitrogens with one attached hydrogen (secondary N) is 2. The molecule has 1 fully saturated rings. The molecule has 2 aromatic heterocycles. The molecule has 1 aliphatic rings. The number of piperidine rings is 1. The van der Waals surface area contributed by atoms with Gasteiger partial charge in [-0.25, -0.2) is 4.98 Å². The van der Waals surface area contributed by atoms with E-state index in [9.17, 15) is 9.59 Å². The summed E-state index contributed by atoms with van der Waals surface area (Å²) in [7, 11) is 3.19. The van der Waals surface area contributed by atoms with Crippen molar-refractivity contribution in [3.05, 3.63) is 33.9 Å². The Bertz CT molecular complexity index is 1190. The average Bonchev–Trinajstić information content (AvgIpc) is 3.28. The lowest BCUT2D eigenvalue weighted by Gasteiger charge is -2.32. The van der Waals surface area contributed by atoms with E-state index in [0.717, 1.165) is 43.4 Å². The summed E-state index contributed by atoms with van der Waals surface area (Å²) >= 11 is 1.37. The maximum absolute atomic E-state index is 12.9. The highest BCUT2D eigenvalue weighted by Gasteiger charge is 2.27. The van der Waals surface area contributed by atoms with Gasteiger partial charge in [-0.3, -0.25) is 14.6 Å². The fourth-order valence-electron chi connectivity index (χ4n) is 4.19. The van der Waals surface area contributed by atoms with Crippen LogP contribution in [0.4, 0.5) is 5.95 Å². The van der Waals surface area contributed by atoms with Crippen LogP contribution in [0.5, 0.6) is 11.5 Å². The molecule has 0 saturated carbocycles. The number of amides is 1. The van der Waals surface area contributed by atoms with Crippen LogP contribution in [-0.2, 0) is 4.79 Å². The first-order valence-electron chi connectivity index (χ1n) is 11.3. The molecule has 3 heterocycles. The van der Waals surface area contributed by atoms with Crippen molar-refractivity contribution in [3.8, 4) is 22.6 Å². The average molecular weight is 471 g/mol. The van der Waals surface area contributed by atoms with Crippen LogP contribution in [0.1, 0.15) is 32.6 Å². The molecule has 3 aromatic rings. The van der Waals surface area contributed by atoms with Crippen LogP contribution in [0.2, 0.25) is 0 Å². The molecule has 0 aliphatic carbocycles. The lowest BCUT2D eigenvalue weighted by molar-refractivity contribution is -0.125. The van der Waals surface area contributed by atoms with Crippen molar-refractivity contribution in [3.63, 3.8) is 0 Å². The van der Waals surface area contributed by atoms with Crippen LogP contribution in [0, 0.1) is 5.92 Å². The highest BCUT2D eigenvalue weighted by Crippen LogP contribution is 2.37. The summed E-state index contributed by atoms with van der Waals surface area (Å²) < 4.78 is 11.4. The SMILES string of the molecule is CCCCNC(=O)[C@@H]1CCCN(c2nc3c(-c4ccc(OC)c(OC)c4)csc3c(=O)[nH]2)C1. The number of hydrogen-bond donors (Lipinski definition) is 2. The lowest BCUT2D eigenvalue weighted by Crippen LogP contribution is -2.44. The second kappa shape index (κ2) is 10.2. The number of aromatic amines is 1. The Kier molecular flexibility index (Phi) is 7.17. The van der Waals surface area contributed by atoms with Gasteiger partial charge in [-0.2, -0.15) is 0 Å². The molecular weight excluding hydrogens is 440 g/mol. The highest BCUT2D eigenvalue weighted by molar-refractivity contribution is 7.17. The summed E-state index contributed by atoms with van der Waals surface area (Å²) in [6, 6.07) is 5.67. The predicted molar refractivity (Wildman–Crippen MR) is 132 cm³/mol. The van der Waals surface area contributed by atoms with Crippen LogP contribution in [0.3, 0.4) is 0 Å².